The second-order valence-corrected chi connectivity index (χ2v) is 5.97. The van der Waals surface area contributed by atoms with E-state index >= 15 is 0 Å². The number of rotatable bonds is 5. The van der Waals surface area contributed by atoms with E-state index in [1.165, 1.54) is 12.7 Å². The van der Waals surface area contributed by atoms with Gasteiger partial charge >= 0.3 is 5.97 Å². The van der Waals surface area contributed by atoms with Gasteiger partial charge in [-0.2, -0.15) is 0 Å². The number of nitrogens with one attached hydrogen (secondary N) is 1. The van der Waals surface area contributed by atoms with Gasteiger partial charge in [0.1, 0.15) is 5.75 Å². The van der Waals surface area contributed by atoms with Gasteiger partial charge < -0.3 is 14.8 Å². The standard InChI is InChI=1S/C20H23NO4/c1-12-9-10-16(11-13(12)2)25-15(4)19(22)21-18-8-6-7-17(14(18)3)20(23)24-5/h6-11,15H,1-5H3,(H,21,22)/t15-/m0/s1. The van der Waals surface area contributed by atoms with Crippen LogP contribution in [0.4, 0.5) is 5.69 Å². The number of esters is 1. The molecule has 5 heteroatoms. The molecule has 0 saturated carbocycles. The van der Waals surface area contributed by atoms with Crippen molar-refractivity contribution in [2.75, 3.05) is 12.4 Å². The number of amides is 1. The summed E-state index contributed by atoms with van der Waals surface area (Å²) < 4.78 is 10.5. The fourth-order valence-electron chi connectivity index (χ4n) is 2.38. The van der Waals surface area contributed by atoms with E-state index in [0.717, 1.165) is 5.56 Å². The summed E-state index contributed by atoms with van der Waals surface area (Å²) in [5.74, 6) is -0.0813. The smallest absolute Gasteiger partial charge is 0.338 e. The van der Waals surface area contributed by atoms with Crippen LogP contribution in [0.5, 0.6) is 5.75 Å². The van der Waals surface area contributed by atoms with E-state index in [-0.39, 0.29) is 5.91 Å². The molecule has 25 heavy (non-hydrogen) atoms. The van der Waals surface area contributed by atoms with Gasteiger partial charge in [-0.25, -0.2) is 4.79 Å². The average molecular weight is 341 g/mol. The fourth-order valence-corrected chi connectivity index (χ4v) is 2.38. The van der Waals surface area contributed by atoms with Crippen LogP contribution in [0.1, 0.15) is 34.0 Å². The highest BCUT2D eigenvalue weighted by atomic mass is 16.5. The second-order valence-electron chi connectivity index (χ2n) is 5.97. The molecule has 2 aromatic carbocycles. The highest BCUT2D eigenvalue weighted by Gasteiger charge is 2.18. The predicted octanol–water partition coefficient (Wildman–Crippen LogP) is 3.80. The third kappa shape index (κ3) is 4.38. The van der Waals surface area contributed by atoms with E-state index in [1.807, 2.05) is 32.0 Å². The number of methoxy groups -OCH3 is 1. The average Bonchev–Trinajstić information content (AvgIpc) is 2.59. The largest absolute Gasteiger partial charge is 0.481 e. The van der Waals surface area contributed by atoms with Crippen molar-refractivity contribution in [1.29, 1.82) is 0 Å². The maximum absolute atomic E-state index is 12.4. The van der Waals surface area contributed by atoms with Crippen LogP contribution in [0.25, 0.3) is 0 Å². The zero-order chi connectivity index (χ0) is 18.6. The molecule has 2 aromatic rings. The first-order valence-electron chi connectivity index (χ1n) is 8.06. The van der Waals surface area contributed by atoms with Gasteiger partial charge in [-0.1, -0.05) is 12.1 Å². The van der Waals surface area contributed by atoms with Crippen LogP contribution in [-0.4, -0.2) is 25.1 Å². The molecule has 2 rings (SSSR count). The van der Waals surface area contributed by atoms with Crippen LogP contribution in [0.3, 0.4) is 0 Å². The van der Waals surface area contributed by atoms with Crippen molar-refractivity contribution >= 4 is 17.6 Å². The van der Waals surface area contributed by atoms with Gasteiger partial charge in [-0.15, -0.1) is 0 Å². The Bertz CT molecular complexity index is 798. The predicted molar refractivity (Wildman–Crippen MR) is 97.2 cm³/mol. The molecule has 1 amide bonds. The van der Waals surface area contributed by atoms with Gasteiger partial charge in [0.2, 0.25) is 0 Å². The monoisotopic (exact) mass is 341 g/mol. The lowest BCUT2D eigenvalue weighted by atomic mass is 10.1. The first kappa shape index (κ1) is 18.5. The fraction of sp³-hybridized carbons (Fsp3) is 0.300. The quantitative estimate of drug-likeness (QED) is 0.840. The number of anilines is 1. The Balaban J connectivity index is 2.11. The summed E-state index contributed by atoms with van der Waals surface area (Å²) in [6.07, 6.45) is -0.678. The van der Waals surface area contributed by atoms with Crippen molar-refractivity contribution in [3.05, 3.63) is 58.7 Å². The molecule has 132 valence electrons. The summed E-state index contributed by atoms with van der Waals surface area (Å²) in [6, 6.07) is 10.8. The number of hydrogen-bond donors (Lipinski definition) is 1. The zero-order valence-corrected chi connectivity index (χ0v) is 15.2. The van der Waals surface area contributed by atoms with E-state index in [2.05, 4.69) is 5.32 Å². The Morgan fingerprint density at radius 1 is 1.04 bits per heavy atom. The molecule has 0 aromatic heterocycles. The molecular formula is C20H23NO4. The third-order valence-electron chi connectivity index (χ3n) is 4.16. The van der Waals surface area contributed by atoms with Crippen LogP contribution in [-0.2, 0) is 9.53 Å². The highest BCUT2D eigenvalue weighted by Crippen LogP contribution is 2.21. The minimum Gasteiger partial charge on any atom is -0.481 e. The van der Waals surface area contributed by atoms with Crippen LogP contribution in [0.2, 0.25) is 0 Å². The lowest BCUT2D eigenvalue weighted by Gasteiger charge is -2.17. The number of aryl methyl sites for hydroxylation is 2. The number of ether oxygens (including phenoxy) is 2. The molecule has 0 aliphatic heterocycles. The van der Waals surface area contributed by atoms with Crippen LogP contribution in [0, 0.1) is 20.8 Å². The first-order valence-corrected chi connectivity index (χ1v) is 8.06. The molecular weight excluding hydrogens is 318 g/mol. The molecule has 1 atom stereocenters. The van der Waals surface area contributed by atoms with E-state index in [1.54, 1.807) is 32.0 Å². The van der Waals surface area contributed by atoms with Crippen molar-refractivity contribution in [2.24, 2.45) is 0 Å². The first-order chi connectivity index (χ1) is 11.8. The van der Waals surface area contributed by atoms with E-state index < -0.39 is 12.1 Å². The molecule has 0 aliphatic carbocycles. The van der Waals surface area contributed by atoms with Crippen LogP contribution >= 0.6 is 0 Å². The van der Waals surface area contributed by atoms with Crippen molar-refractivity contribution in [2.45, 2.75) is 33.8 Å². The Kier molecular flexibility index (Phi) is 5.80. The van der Waals surface area contributed by atoms with Crippen molar-refractivity contribution < 1.29 is 19.1 Å². The van der Waals surface area contributed by atoms with Crippen molar-refractivity contribution in [1.82, 2.24) is 0 Å². The number of carbonyl (C=O) groups excluding carboxylic acids is 2. The third-order valence-corrected chi connectivity index (χ3v) is 4.16. The zero-order valence-electron chi connectivity index (χ0n) is 15.2. The van der Waals surface area contributed by atoms with Crippen molar-refractivity contribution in [3.8, 4) is 5.75 Å². The van der Waals surface area contributed by atoms with E-state index in [4.69, 9.17) is 9.47 Å². The second kappa shape index (κ2) is 7.83. The Hall–Kier alpha value is -2.82. The van der Waals surface area contributed by atoms with Gasteiger partial charge in [0, 0.05) is 5.69 Å². The molecule has 0 radical (unpaired) electrons. The summed E-state index contributed by atoms with van der Waals surface area (Å²) >= 11 is 0. The summed E-state index contributed by atoms with van der Waals surface area (Å²) in [7, 11) is 1.33. The number of carbonyl (C=O) groups is 2. The molecule has 0 spiro atoms. The minimum atomic E-state index is -0.678. The summed E-state index contributed by atoms with van der Waals surface area (Å²) in [4.78, 5) is 24.2. The van der Waals surface area contributed by atoms with Gasteiger partial charge in [0.15, 0.2) is 6.10 Å². The van der Waals surface area contributed by atoms with Gasteiger partial charge in [0.25, 0.3) is 5.91 Å². The van der Waals surface area contributed by atoms with Gasteiger partial charge in [0.05, 0.1) is 12.7 Å². The number of benzene rings is 2. The normalized spacial score (nSPS) is 11.6. The van der Waals surface area contributed by atoms with Crippen LogP contribution in [0.15, 0.2) is 36.4 Å². The topological polar surface area (TPSA) is 64.6 Å². The molecule has 0 saturated heterocycles. The molecule has 5 nitrogen and oxygen atoms in total. The Morgan fingerprint density at radius 3 is 2.40 bits per heavy atom. The molecule has 0 unspecified atom stereocenters. The molecule has 0 aliphatic rings. The van der Waals surface area contributed by atoms with Crippen LogP contribution < -0.4 is 10.1 Å². The molecule has 0 fully saturated rings. The van der Waals surface area contributed by atoms with E-state index in [9.17, 15) is 9.59 Å². The lowest BCUT2D eigenvalue weighted by molar-refractivity contribution is -0.122. The molecule has 0 bridgehead atoms. The van der Waals surface area contributed by atoms with Gasteiger partial charge in [-0.05, 0) is 68.7 Å². The molecule has 1 N–H and O–H groups in total. The number of hydrogen-bond acceptors (Lipinski definition) is 4. The summed E-state index contributed by atoms with van der Waals surface area (Å²) in [6.45, 7) is 7.46. The highest BCUT2D eigenvalue weighted by molar-refractivity contribution is 5.98. The Labute approximate surface area is 148 Å². The molecule has 0 heterocycles. The SMILES string of the molecule is COC(=O)c1cccc(NC(=O)[C@H](C)Oc2ccc(C)c(C)c2)c1C. The minimum absolute atomic E-state index is 0.289. The lowest BCUT2D eigenvalue weighted by Crippen LogP contribution is -2.30. The van der Waals surface area contributed by atoms with Crippen molar-refractivity contribution in [3.63, 3.8) is 0 Å². The summed E-state index contributed by atoms with van der Waals surface area (Å²) in [5.41, 5.74) is 3.90. The van der Waals surface area contributed by atoms with Gasteiger partial charge in [-0.3, -0.25) is 4.79 Å². The van der Waals surface area contributed by atoms with E-state index in [0.29, 0.717) is 22.6 Å². The summed E-state index contributed by atoms with van der Waals surface area (Å²) in [5, 5.41) is 2.80. The maximum Gasteiger partial charge on any atom is 0.338 e. The Morgan fingerprint density at radius 2 is 1.76 bits per heavy atom. The maximum atomic E-state index is 12.4.